The molecule has 1 aliphatic rings. The summed E-state index contributed by atoms with van der Waals surface area (Å²) >= 11 is 0. The number of nitrogens with zero attached hydrogens (tertiary/aromatic N) is 3. The first-order valence-electron chi connectivity index (χ1n) is 6.73. The summed E-state index contributed by atoms with van der Waals surface area (Å²) in [5.74, 6) is 2.53. The Kier molecular flexibility index (Phi) is 3.15. The van der Waals surface area contributed by atoms with Crippen LogP contribution >= 0.6 is 0 Å². The fourth-order valence-corrected chi connectivity index (χ4v) is 1.99. The van der Waals surface area contributed by atoms with Gasteiger partial charge in [0.1, 0.15) is 5.82 Å². The van der Waals surface area contributed by atoms with Crippen molar-refractivity contribution in [3.05, 3.63) is 35.8 Å². The minimum atomic E-state index is 0.745. The van der Waals surface area contributed by atoms with Gasteiger partial charge < -0.3 is 5.32 Å². The van der Waals surface area contributed by atoms with Gasteiger partial charge in [-0.1, -0.05) is 0 Å². The zero-order chi connectivity index (χ0) is 13.2. The molecule has 19 heavy (non-hydrogen) atoms. The van der Waals surface area contributed by atoms with Crippen LogP contribution in [0.1, 0.15) is 24.1 Å². The highest BCUT2D eigenvalue weighted by Crippen LogP contribution is 2.29. The van der Waals surface area contributed by atoms with Gasteiger partial charge in [-0.3, -0.25) is 4.98 Å². The highest BCUT2D eigenvalue weighted by Gasteiger charge is 2.21. The van der Waals surface area contributed by atoms with Crippen LogP contribution in [-0.2, 0) is 0 Å². The van der Waals surface area contributed by atoms with Gasteiger partial charge in [-0.2, -0.15) is 0 Å². The Labute approximate surface area is 113 Å². The molecule has 1 N–H and O–H groups in total. The normalized spacial score (nSPS) is 14.4. The van der Waals surface area contributed by atoms with Crippen LogP contribution in [0.5, 0.6) is 0 Å². The number of anilines is 1. The second kappa shape index (κ2) is 4.96. The summed E-state index contributed by atoms with van der Waals surface area (Å²) in [5, 5.41) is 3.45. The number of hydrogen-bond acceptors (Lipinski definition) is 4. The van der Waals surface area contributed by atoms with Crippen molar-refractivity contribution in [3.63, 3.8) is 0 Å². The van der Waals surface area contributed by atoms with E-state index in [2.05, 4.69) is 27.2 Å². The Morgan fingerprint density at radius 1 is 1.26 bits per heavy atom. The van der Waals surface area contributed by atoms with Crippen molar-refractivity contribution in [2.75, 3.05) is 11.9 Å². The molecule has 0 atom stereocenters. The van der Waals surface area contributed by atoms with Crippen LogP contribution in [0, 0.1) is 19.8 Å². The molecule has 2 aromatic heterocycles. The molecule has 0 amide bonds. The number of pyridine rings is 1. The summed E-state index contributed by atoms with van der Waals surface area (Å²) in [6, 6.07) is 3.90. The van der Waals surface area contributed by atoms with Crippen LogP contribution in [0.3, 0.4) is 0 Å². The van der Waals surface area contributed by atoms with Crippen molar-refractivity contribution in [1.29, 1.82) is 0 Å². The van der Waals surface area contributed by atoms with Gasteiger partial charge in [-0.25, -0.2) is 9.97 Å². The molecule has 2 heterocycles. The molecule has 4 nitrogen and oxygen atoms in total. The third-order valence-electron chi connectivity index (χ3n) is 3.56. The topological polar surface area (TPSA) is 50.7 Å². The summed E-state index contributed by atoms with van der Waals surface area (Å²) in [5.41, 5.74) is 3.11. The van der Waals surface area contributed by atoms with Crippen LogP contribution in [0.2, 0.25) is 0 Å². The molecule has 4 heteroatoms. The predicted octanol–water partition coefficient (Wildman–Crippen LogP) is 2.98. The second-order valence-electron chi connectivity index (χ2n) is 5.17. The van der Waals surface area contributed by atoms with Crippen LogP contribution in [0.25, 0.3) is 11.4 Å². The smallest absolute Gasteiger partial charge is 0.163 e. The molecule has 1 saturated carbocycles. The average Bonchev–Trinajstić information content (AvgIpc) is 3.25. The average molecular weight is 254 g/mol. The summed E-state index contributed by atoms with van der Waals surface area (Å²) < 4.78 is 0. The van der Waals surface area contributed by atoms with E-state index in [9.17, 15) is 0 Å². The van der Waals surface area contributed by atoms with E-state index in [1.54, 1.807) is 12.4 Å². The highest BCUT2D eigenvalue weighted by molar-refractivity contribution is 5.58. The van der Waals surface area contributed by atoms with Gasteiger partial charge in [-0.05, 0) is 44.7 Å². The van der Waals surface area contributed by atoms with Crippen molar-refractivity contribution >= 4 is 5.82 Å². The number of nitrogens with one attached hydrogen (secondary N) is 1. The molecule has 0 saturated heterocycles. The van der Waals surface area contributed by atoms with Gasteiger partial charge in [0.25, 0.3) is 0 Å². The van der Waals surface area contributed by atoms with Gasteiger partial charge in [0.05, 0.1) is 0 Å². The first-order valence-corrected chi connectivity index (χ1v) is 6.73. The fraction of sp³-hybridized carbons (Fsp3) is 0.400. The third kappa shape index (κ3) is 2.72. The molecule has 0 radical (unpaired) electrons. The Morgan fingerprint density at radius 3 is 2.79 bits per heavy atom. The maximum atomic E-state index is 4.64. The molecule has 0 aliphatic heterocycles. The van der Waals surface area contributed by atoms with Crippen LogP contribution in [-0.4, -0.2) is 21.5 Å². The van der Waals surface area contributed by atoms with Crippen molar-refractivity contribution in [2.45, 2.75) is 26.7 Å². The van der Waals surface area contributed by atoms with Crippen LogP contribution < -0.4 is 5.32 Å². The predicted molar refractivity (Wildman–Crippen MR) is 76.0 cm³/mol. The Balaban J connectivity index is 1.92. The molecule has 1 fully saturated rings. The van der Waals surface area contributed by atoms with Gasteiger partial charge in [0.2, 0.25) is 0 Å². The lowest BCUT2D eigenvalue weighted by atomic mass is 10.2. The molecule has 1 aliphatic carbocycles. The van der Waals surface area contributed by atoms with Gasteiger partial charge in [0, 0.05) is 35.8 Å². The number of hydrogen-bond donors (Lipinski definition) is 1. The largest absolute Gasteiger partial charge is 0.369 e. The SMILES string of the molecule is Cc1nc(-c2cccnc2)nc(NCC2CC2)c1C. The van der Waals surface area contributed by atoms with E-state index < -0.39 is 0 Å². The Hall–Kier alpha value is -1.97. The molecule has 3 rings (SSSR count). The molecule has 2 aromatic rings. The quantitative estimate of drug-likeness (QED) is 0.911. The molecule has 98 valence electrons. The van der Waals surface area contributed by atoms with Crippen molar-refractivity contribution in [3.8, 4) is 11.4 Å². The lowest BCUT2D eigenvalue weighted by Gasteiger charge is -2.12. The summed E-state index contributed by atoms with van der Waals surface area (Å²) in [6.45, 7) is 5.11. The van der Waals surface area contributed by atoms with E-state index in [1.165, 1.54) is 12.8 Å². The standard InChI is InChI=1S/C15H18N4/c1-10-11(2)18-15(13-4-3-7-16-9-13)19-14(10)17-8-12-5-6-12/h3-4,7,9,12H,5-6,8H2,1-2H3,(H,17,18,19). The molecular formula is C15H18N4. The van der Waals surface area contributed by atoms with E-state index in [1.807, 2.05) is 19.1 Å². The zero-order valence-electron chi connectivity index (χ0n) is 11.3. The summed E-state index contributed by atoms with van der Waals surface area (Å²) in [6.07, 6.45) is 6.24. The van der Waals surface area contributed by atoms with E-state index >= 15 is 0 Å². The monoisotopic (exact) mass is 254 g/mol. The van der Waals surface area contributed by atoms with E-state index in [4.69, 9.17) is 0 Å². The third-order valence-corrected chi connectivity index (χ3v) is 3.56. The van der Waals surface area contributed by atoms with Crippen LogP contribution in [0.15, 0.2) is 24.5 Å². The Bertz CT molecular complexity index is 576. The minimum Gasteiger partial charge on any atom is -0.369 e. The number of aromatic nitrogens is 3. The molecule has 0 bridgehead atoms. The van der Waals surface area contributed by atoms with E-state index in [0.717, 1.165) is 40.9 Å². The second-order valence-corrected chi connectivity index (χ2v) is 5.17. The Morgan fingerprint density at radius 2 is 2.11 bits per heavy atom. The maximum absolute atomic E-state index is 4.64. The molecule has 0 unspecified atom stereocenters. The maximum Gasteiger partial charge on any atom is 0.163 e. The number of aryl methyl sites for hydroxylation is 1. The zero-order valence-corrected chi connectivity index (χ0v) is 11.3. The van der Waals surface area contributed by atoms with Gasteiger partial charge >= 0.3 is 0 Å². The minimum absolute atomic E-state index is 0.745. The molecule has 0 aromatic carbocycles. The van der Waals surface area contributed by atoms with Gasteiger partial charge in [-0.15, -0.1) is 0 Å². The van der Waals surface area contributed by atoms with E-state index in [0.29, 0.717) is 0 Å². The van der Waals surface area contributed by atoms with Gasteiger partial charge in [0.15, 0.2) is 5.82 Å². The highest BCUT2D eigenvalue weighted by atomic mass is 15.0. The van der Waals surface area contributed by atoms with Crippen LogP contribution in [0.4, 0.5) is 5.82 Å². The molecule has 0 spiro atoms. The first-order chi connectivity index (χ1) is 9.24. The van der Waals surface area contributed by atoms with Crippen molar-refractivity contribution in [2.24, 2.45) is 5.92 Å². The summed E-state index contributed by atoms with van der Waals surface area (Å²) in [7, 11) is 0. The fourth-order valence-electron chi connectivity index (χ4n) is 1.99. The summed E-state index contributed by atoms with van der Waals surface area (Å²) in [4.78, 5) is 13.3. The first kappa shape index (κ1) is 12.1. The van der Waals surface area contributed by atoms with Crippen molar-refractivity contribution in [1.82, 2.24) is 15.0 Å². The lowest BCUT2D eigenvalue weighted by molar-refractivity contribution is 0.877. The van der Waals surface area contributed by atoms with Crippen molar-refractivity contribution < 1.29 is 0 Å². The lowest BCUT2D eigenvalue weighted by Crippen LogP contribution is -2.09. The molecular weight excluding hydrogens is 236 g/mol. The number of rotatable bonds is 4. The van der Waals surface area contributed by atoms with E-state index in [-0.39, 0.29) is 0 Å².